The van der Waals surface area contributed by atoms with Crippen molar-refractivity contribution in [1.82, 2.24) is 10.3 Å². The quantitative estimate of drug-likeness (QED) is 0.896. The van der Waals surface area contributed by atoms with Crippen LogP contribution in [0.15, 0.2) is 36.7 Å². The smallest absolute Gasteiger partial charge is 0.0346 e. The molecule has 2 rings (SSSR count). The van der Waals surface area contributed by atoms with Crippen LogP contribution < -0.4 is 5.32 Å². The summed E-state index contributed by atoms with van der Waals surface area (Å²) in [6.07, 6.45) is 3.83. The van der Waals surface area contributed by atoms with E-state index in [0.29, 0.717) is 6.04 Å². The van der Waals surface area contributed by atoms with Gasteiger partial charge in [0.15, 0.2) is 0 Å². The van der Waals surface area contributed by atoms with Gasteiger partial charge in [0.25, 0.3) is 0 Å². The molecule has 0 atom stereocenters. The van der Waals surface area contributed by atoms with Crippen molar-refractivity contribution in [2.24, 2.45) is 0 Å². The Morgan fingerprint density at radius 1 is 1.11 bits per heavy atom. The Morgan fingerprint density at radius 2 is 1.89 bits per heavy atom. The summed E-state index contributed by atoms with van der Waals surface area (Å²) in [5.41, 5.74) is 6.28. The Labute approximate surface area is 115 Å². The Bertz CT molecular complexity index is 559. The van der Waals surface area contributed by atoms with Crippen LogP contribution >= 0.6 is 0 Å². The van der Waals surface area contributed by atoms with E-state index in [2.05, 4.69) is 62.3 Å². The largest absolute Gasteiger partial charge is 0.310 e. The van der Waals surface area contributed by atoms with E-state index in [1.807, 2.05) is 12.4 Å². The molecule has 0 aliphatic rings. The number of aryl methyl sites for hydroxylation is 2. The van der Waals surface area contributed by atoms with E-state index in [1.54, 1.807) is 0 Å². The second kappa shape index (κ2) is 5.98. The molecule has 1 aromatic heterocycles. The molecule has 1 N–H and O–H groups in total. The van der Waals surface area contributed by atoms with E-state index >= 15 is 0 Å². The molecule has 0 bridgehead atoms. The minimum Gasteiger partial charge on any atom is -0.310 e. The van der Waals surface area contributed by atoms with E-state index in [-0.39, 0.29) is 0 Å². The zero-order chi connectivity index (χ0) is 13.8. The molecule has 2 aromatic rings. The van der Waals surface area contributed by atoms with Gasteiger partial charge in [0, 0.05) is 30.5 Å². The summed E-state index contributed by atoms with van der Waals surface area (Å²) in [4.78, 5) is 4.29. The Kier molecular flexibility index (Phi) is 4.33. The third-order valence-corrected chi connectivity index (χ3v) is 3.20. The molecule has 0 spiro atoms. The minimum absolute atomic E-state index is 0.505. The van der Waals surface area contributed by atoms with Gasteiger partial charge in [-0.3, -0.25) is 4.98 Å². The maximum absolute atomic E-state index is 4.29. The van der Waals surface area contributed by atoms with Crippen molar-refractivity contribution in [2.45, 2.75) is 40.3 Å². The van der Waals surface area contributed by atoms with Crippen LogP contribution in [0, 0.1) is 13.8 Å². The standard InChI is InChI=1S/C17H22N2/c1-12(2)19-10-15-6-5-14(4)17(8-15)16-7-13(3)9-18-11-16/h5-9,11-12,19H,10H2,1-4H3. The zero-order valence-electron chi connectivity index (χ0n) is 12.2. The number of pyridine rings is 1. The highest BCUT2D eigenvalue weighted by atomic mass is 14.9. The highest BCUT2D eigenvalue weighted by Crippen LogP contribution is 2.24. The fraction of sp³-hybridized carbons (Fsp3) is 0.353. The van der Waals surface area contributed by atoms with Gasteiger partial charge in [0.2, 0.25) is 0 Å². The van der Waals surface area contributed by atoms with Crippen LogP contribution in [-0.4, -0.2) is 11.0 Å². The fourth-order valence-corrected chi connectivity index (χ4v) is 2.11. The first-order valence-corrected chi connectivity index (χ1v) is 6.81. The first-order chi connectivity index (χ1) is 9.06. The van der Waals surface area contributed by atoms with Crippen LogP contribution in [0.3, 0.4) is 0 Å². The van der Waals surface area contributed by atoms with Crippen LogP contribution in [0.2, 0.25) is 0 Å². The number of benzene rings is 1. The Hall–Kier alpha value is -1.67. The summed E-state index contributed by atoms with van der Waals surface area (Å²) in [5.74, 6) is 0. The lowest BCUT2D eigenvalue weighted by Gasteiger charge is -2.12. The molecular weight excluding hydrogens is 232 g/mol. The normalized spacial score (nSPS) is 11.0. The Morgan fingerprint density at radius 3 is 2.58 bits per heavy atom. The molecule has 19 heavy (non-hydrogen) atoms. The molecular formula is C17H22N2. The number of aromatic nitrogens is 1. The fourth-order valence-electron chi connectivity index (χ4n) is 2.11. The van der Waals surface area contributed by atoms with E-state index in [9.17, 15) is 0 Å². The van der Waals surface area contributed by atoms with Crippen molar-refractivity contribution in [1.29, 1.82) is 0 Å². The summed E-state index contributed by atoms with van der Waals surface area (Å²) < 4.78 is 0. The summed E-state index contributed by atoms with van der Waals surface area (Å²) in [7, 11) is 0. The van der Waals surface area contributed by atoms with Crippen LogP contribution in [0.1, 0.15) is 30.5 Å². The van der Waals surface area contributed by atoms with Gasteiger partial charge >= 0.3 is 0 Å². The van der Waals surface area contributed by atoms with Gasteiger partial charge < -0.3 is 5.32 Å². The maximum atomic E-state index is 4.29. The average molecular weight is 254 g/mol. The summed E-state index contributed by atoms with van der Waals surface area (Å²) in [6.45, 7) is 9.47. The highest BCUT2D eigenvalue weighted by Gasteiger charge is 2.05. The lowest BCUT2D eigenvalue weighted by Crippen LogP contribution is -2.21. The molecule has 100 valence electrons. The van der Waals surface area contributed by atoms with Gasteiger partial charge in [-0.05, 0) is 48.2 Å². The lowest BCUT2D eigenvalue weighted by molar-refractivity contribution is 0.589. The lowest BCUT2D eigenvalue weighted by atomic mass is 9.98. The van der Waals surface area contributed by atoms with Crippen molar-refractivity contribution in [3.63, 3.8) is 0 Å². The van der Waals surface area contributed by atoms with Gasteiger partial charge in [0.05, 0.1) is 0 Å². The first-order valence-electron chi connectivity index (χ1n) is 6.81. The van der Waals surface area contributed by atoms with Crippen molar-refractivity contribution in [3.05, 3.63) is 53.3 Å². The molecule has 0 saturated heterocycles. The molecule has 0 aliphatic carbocycles. The molecule has 0 amide bonds. The molecule has 0 aliphatic heterocycles. The molecule has 0 fully saturated rings. The Balaban J connectivity index is 2.31. The first kappa shape index (κ1) is 13.8. The van der Waals surface area contributed by atoms with Crippen molar-refractivity contribution in [2.75, 3.05) is 0 Å². The molecule has 0 unspecified atom stereocenters. The molecule has 2 nitrogen and oxygen atoms in total. The van der Waals surface area contributed by atoms with Crippen LogP contribution in [0.25, 0.3) is 11.1 Å². The predicted octanol–water partition coefficient (Wildman–Crippen LogP) is 3.86. The SMILES string of the molecule is Cc1cncc(-c2cc(CNC(C)C)ccc2C)c1. The van der Waals surface area contributed by atoms with Gasteiger partial charge in [-0.15, -0.1) is 0 Å². The highest BCUT2D eigenvalue weighted by molar-refractivity contribution is 5.67. The van der Waals surface area contributed by atoms with Crippen LogP contribution in [0.4, 0.5) is 0 Å². The number of nitrogens with zero attached hydrogens (tertiary/aromatic N) is 1. The van der Waals surface area contributed by atoms with Crippen molar-refractivity contribution in [3.8, 4) is 11.1 Å². The average Bonchev–Trinajstić information content (AvgIpc) is 2.37. The van der Waals surface area contributed by atoms with E-state index < -0.39 is 0 Å². The zero-order valence-corrected chi connectivity index (χ0v) is 12.2. The summed E-state index contributed by atoms with van der Waals surface area (Å²) in [6, 6.07) is 9.34. The summed E-state index contributed by atoms with van der Waals surface area (Å²) in [5, 5.41) is 3.46. The predicted molar refractivity (Wildman–Crippen MR) is 81.1 cm³/mol. The molecule has 1 aromatic carbocycles. The van der Waals surface area contributed by atoms with Crippen LogP contribution in [0.5, 0.6) is 0 Å². The number of hydrogen-bond acceptors (Lipinski definition) is 2. The van der Waals surface area contributed by atoms with Gasteiger partial charge in [0.1, 0.15) is 0 Å². The molecule has 1 heterocycles. The monoisotopic (exact) mass is 254 g/mol. The molecule has 0 saturated carbocycles. The van der Waals surface area contributed by atoms with Gasteiger partial charge in [-0.25, -0.2) is 0 Å². The van der Waals surface area contributed by atoms with E-state index in [4.69, 9.17) is 0 Å². The number of rotatable bonds is 4. The van der Waals surface area contributed by atoms with Gasteiger partial charge in [-0.2, -0.15) is 0 Å². The second-order valence-electron chi connectivity index (χ2n) is 5.44. The third kappa shape index (κ3) is 3.65. The number of nitrogens with one attached hydrogen (secondary N) is 1. The van der Waals surface area contributed by atoms with Crippen molar-refractivity contribution < 1.29 is 0 Å². The molecule has 2 heteroatoms. The van der Waals surface area contributed by atoms with Crippen LogP contribution in [-0.2, 0) is 6.54 Å². The second-order valence-corrected chi connectivity index (χ2v) is 5.44. The maximum Gasteiger partial charge on any atom is 0.0346 e. The third-order valence-electron chi connectivity index (χ3n) is 3.20. The van der Waals surface area contributed by atoms with E-state index in [1.165, 1.54) is 27.8 Å². The van der Waals surface area contributed by atoms with Gasteiger partial charge in [-0.1, -0.05) is 26.0 Å². The minimum atomic E-state index is 0.505. The van der Waals surface area contributed by atoms with E-state index in [0.717, 1.165) is 6.54 Å². The van der Waals surface area contributed by atoms with Crippen molar-refractivity contribution >= 4 is 0 Å². The molecule has 0 radical (unpaired) electrons. The topological polar surface area (TPSA) is 24.9 Å². The summed E-state index contributed by atoms with van der Waals surface area (Å²) >= 11 is 0. The number of hydrogen-bond donors (Lipinski definition) is 1.